The predicted molar refractivity (Wildman–Crippen MR) is 210 cm³/mol. The predicted octanol–water partition coefficient (Wildman–Crippen LogP) is 3.23. The fourth-order valence-electron chi connectivity index (χ4n) is 7.45. The van der Waals surface area contributed by atoms with Crippen molar-refractivity contribution in [1.82, 2.24) is 30.5 Å². The molecule has 18 heteroatoms. The Hall–Kier alpha value is -5.13. The van der Waals surface area contributed by atoms with E-state index in [4.69, 9.17) is 14.2 Å². The van der Waals surface area contributed by atoms with Crippen LogP contribution < -0.4 is 20.7 Å². The lowest BCUT2D eigenvalue weighted by molar-refractivity contribution is -0.141. The van der Waals surface area contributed by atoms with Crippen LogP contribution in [0.1, 0.15) is 89.8 Å². The highest BCUT2D eigenvalue weighted by Gasteiger charge is 2.62. The first-order valence-electron chi connectivity index (χ1n) is 19.6. The van der Waals surface area contributed by atoms with Gasteiger partial charge in [0.2, 0.25) is 21.8 Å². The number of nitrogens with one attached hydrogen (secondary N) is 4. The minimum atomic E-state index is -3.97. The summed E-state index contributed by atoms with van der Waals surface area (Å²) in [5.74, 6) is -3.17. The van der Waals surface area contributed by atoms with E-state index in [1.54, 1.807) is 20.8 Å². The first-order chi connectivity index (χ1) is 27.2. The maximum absolute atomic E-state index is 14.5. The van der Waals surface area contributed by atoms with Gasteiger partial charge in [0.15, 0.2) is 0 Å². The standard InChI is InChI=1S/C40H54N6O11S/c1-7-26-18-40(26,34(49)44-58(53,54)28-14-15-28)43-32(47)31-17-27-21-46(31)33(48)30(19-41-35(50)57-38(2,3)4)42-36(51)55-23-39(5,6)16-9-8-11-24-12-10-13-25-20-45(22-29(24)25)37(52)56-27/h7-8,10-13,26-28,30-31H,1,9,14-23H2,2-6H3,(H,41,50)(H,42,51)(H,43,47)(H,44,49)/b11-8+/t26-,27-,30+,31+,40-/m1/s1. The van der Waals surface area contributed by atoms with Crippen molar-refractivity contribution in [3.8, 4) is 0 Å². The number of rotatable bonds is 8. The lowest BCUT2D eigenvalue weighted by Gasteiger charge is -2.30. The second-order valence-corrected chi connectivity index (χ2v) is 19.5. The summed E-state index contributed by atoms with van der Waals surface area (Å²) in [4.78, 5) is 84.7. The molecular formula is C40H54N6O11S. The van der Waals surface area contributed by atoms with Gasteiger partial charge in [-0.3, -0.25) is 24.0 Å². The highest BCUT2D eigenvalue weighted by molar-refractivity contribution is 7.91. The molecule has 0 aromatic heterocycles. The van der Waals surface area contributed by atoms with E-state index in [1.807, 2.05) is 44.2 Å². The Morgan fingerprint density at radius 3 is 2.53 bits per heavy atom. The topological polar surface area (TPSA) is 219 Å². The fourth-order valence-corrected chi connectivity index (χ4v) is 8.81. The Morgan fingerprint density at radius 2 is 1.86 bits per heavy atom. The van der Waals surface area contributed by atoms with Gasteiger partial charge in [-0.05, 0) is 75.0 Å². The quantitative estimate of drug-likeness (QED) is 0.220. The molecule has 3 aliphatic heterocycles. The zero-order valence-corrected chi connectivity index (χ0v) is 34.4. The molecule has 3 heterocycles. The number of cyclic esters (lactones) is 1. The van der Waals surface area contributed by atoms with E-state index >= 15 is 0 Å². The second kappa shape index (κ2) is 16.3. The van der Waals surface area contributed by atoms with E-state index in [0.29, 0.717) is 25.7 Å². The van der Waals surface area contributed by atoms with Crippen LogP contribution in [-0.2, 0) is 51.7 Å². The summed E-state index contributed by atoms with van der Waals surface area (Å²) in [5.41, 5.74) is -0.119. The number of hydrogen-bond donors (Lipinski definition) is 4. The summed E-state index contributed by atoms with van der Waals surface area (Å²) in [6.07, 6.45) is 4.00. The number of ether oxygens (including phenoxy) is 3. The van der Waals surface area contributed by atoms with Crippen molar-refractivity contribution in [1.29, 1.82) is 0 Å². The van der Waals surface area contributed by atoms with Crippen LogP contribution in [-0.4, -0.2) is 108 Å². The van der Waals surface area contributed by atoms with Crippen LogP contribution in [0.4, 0.5) is 14.4 Å². The minimum Gasteiger partial charge on any atom is -0.449 e. The Morgan fingerprint density at radius 1 is 1.12 bits per heavy atom. The zero-order valence-electron chi connectivity index (χ0n) is 33.6. The van der Waals surface area contributed by atoms with Crippen LogP contribution in [0.2, 0.25) is 0 Å². The molecule has 3 fully saturated rings. The van der Waals surface area contributed by atoms with Crippen molar-refractivity contribution in [2.24, 2.45) is 11.3 Å². The fraction of sp³-hybridized carbons (Fsp3) is 0.600. The summed E-state index contributed by atoms with van der Waals surface area (Å²) >= 11 is 0. The number of benzene rings is 1. The molecule has 0 unspecified atom stereocenters. The molecule has 1 saturated heterocycles. The van der Waals surface area contributed by atoms with Crippen LogP contribution in [0.5, 0.6) is 0 Å². The summed E-state index contributed by atoms with van der Waals surface area (Å²) in [6, 6.07) is 2.98. The first kappa shape index (κ1) is 42.5. The number of nitrogens with zero attached hydrogens (tertiary/aromatic N) is 2. The van der Waals surface area contributed by atoms with E-state index in [1.165, 1.54) is 11.0 Å². The summed E-state index contributed by atoms with van der Waals surface area (Å²) < 4.78 is 44.4. The number of carbonyl (C=O) groups excluding carboxylic acids is 6. The van der Waals surface area contributed by atoms with Crippen LogP contribution >= 0.6 is 0 Å². The largest absolute Gasteiger partial charge is 0.449 e. The summed E-state index contributed by atoms with van der Waals surface area (Å²) in [7, 11) is -3.97. The van der Waals surface area contributed by atoms with Gasteiger partial charge < -0.3 is 35.1 Å². The van der Waals surface area contributed by atoms with E-state index in [9.17, 15) is 37.2 Å². The number of alkyl carbamates (subject to hydrolysis) is 2. The normalized spacial score (nSPS) is 27.9. The molecule has 2 aliphatic carbocycles. The van der Waals surface area contributed by atoms with Gasteiger partial charge in [0.25, 0.3) is 5.91 Å². The van der Waals surface area contributed by atoms with Crippen molar-refractivity contribution in [2.45, 2.75) is 121 Å². The van der Waals surface area contributed by atoms with E-state index in [0.717, 1.165) is 21.6 Å². The van der Waals surface area contributed by atoms with Gasteiger partial charge in [-0.2, -0.15) is 0 Å². The van der Waals surface area contributed by atoms with Gasteiger partial charge in [0.1, 0.15) is 29.3 Å². The molecule has 4 bridgehead atoms. The number of allylic oxidation sites excluding steroid dienone is 1. The lowest BCUT2D eigenvalue weighted by atomic mass is 9.88. The molecule has 0 radical (unpaired) electrons. The molecule has 2 saturated carbocycles. The van der Waals surface area contributed by atoms with Crippen LogP contribution in [0.3, 0.4) is 0 Å². The molecular weight excluding hydrogens is 773 g/mol. The maximum atomic E-state index is 14.5. The van der Waals surface area contributed by atoms with E-state index in [-0.39, 0.29) is 39.1 Å². The molecule has 17 nitrogen and oxygen atoms in total. The monoisotopic (exact) mass is 826 g/mol. The third kappa shape index (κ3) is 9.93. The van der Waals surface area contributed by atoms with Gasteiger partial charge in [0, 0.05) is 18.9 Å². The molecule has 58 heavy (non-hydrogen) atoms. The van der Waals surface area contributed by atoms with Crippen LogP contribution in [0.15, 0.2) is 36.9 Å². The molecule has 1 aromatic rings. The van der Waals surface area contributed by atoms with Crippen molar-refractivity contribution in [3.05, 3.63) is 53.6 Å². The average molecular weight is 827 g/mol. The Labute approximate surface area is 338 Å². The van der Waals surface area contributed by atoms with Crippen molar-refractivity contribution < 1.29 is 51.4 Å². The summed E-state index contributed by atoms with van der Waals surface area (Å²) in [5, 5.41) is 7.03. The maximum Gasteiger partial charge on any atom is 0.410 e. The van der Waals surface area contributed by atoms with Gasteiger partial charge in [-0.25, -0.2) is 22.8 Å². The lowest BCUT2D eigenvalue weighted by Crippen LogP contribution is -2.59. The number of sulfonamides is 1. The van der Waals surface area contributed by atoms with Gasteiger partial charge in [-0.15, -0.1) is 6.58 Å². The van der Waals surface area contributed by atoms with E-state index < -0.39 is 98.5 Å². The Bertz CT molecular complexity index is 1990. The van der Waals surface area contributed by atoms with Gasteiger partial charge in [0.05, 0.1) is 31.5 Å². The first-order valence-corrected chi connectivity index (χ1v) is 21.2. The molecule has 4 N–H and O–H groups in total. The van der Waals surface area contributed by atoms with Gasteiger partial charge in [-0.1, -0.05) is 50.3 Å². The molecule has 5 atom stereocenters. The van der Waals surface area contributed by atoms with E-state index in [2.05, 4.69) is 27.3 Å². The minimum absolute atomic E-state index is 0.000623. The molecule has 0 spiro atoms. The zero-order chi connectivity index (χ0) is 42.2. The van der Waals surface area contributed by atoms with Crippen LogP contribution in [0.25, 0.3) is 6.08 Å². The van der Waals surface area contributed by atoms with Crippen molar-refractivity contribution >= 4 is 52.1 Å². The Kier molecular flexibility index (Phi) is 11.9. The average Bonchev–Trinajstić information content (AvgIpc) is 4.03. The van der Waals surface area contributed by atoms with Crippen LogP contribution in [0, 0.1) is 11.3 Å². The number of carbonyl (C=O) groups is 6. The van der Waals surface area contributed by atoms with Gasteiger partial charge >= 0.3 is 18.3 Å². The van der Waals surface area contributed by atoms with Crippen molar-refractivity contribution in [3.63, 3.8) is 0 Å². The highest BCUT2D eigenvalue weighted by Crippen LogP contribution is 2.45. The molecule has 1 aromatic carbocycles. The third-order valence-electron chi connectivity index (χ3n) is 11.0. The third-order valence-corrected chi connectivity index (χ3v) is 12.8. The Balaban J connectivity index is 1.29. The van der Waals surface area contributed by atoms with Crippen molar-refractivity contribution in [2.75, 3.05) is 19.7 Å². The second-order valence-electron chi connectivity index (χ2n) is 17.5. The number of fused-ring (bicyclic) bond motifs is 3. The molecule has 316 valence electrons. The smallest absolute Gasteiger partial charge is 0.410 e. The number of amides is 6. The SMILES string of the molecule is C=C[C@@H]1C[C@]1(NC(=O)[C@@H]1C[C@@H]2CN1C(=O)[C@H](CNC(=O)OC(C)(C)C)NC(=O)OCC(C)(C)CC/C=C/c1cccc3c1CN(C3)C(=O)O2)C(=O)NS(=O)(=O)C1CC1. The molecule has 6 amide bonds. The molecule has 5 aliphatic rings. The summed E-state index contributed by atoms with van der Waals surface area (Å²) in [6.45, 7) is 12.4. The highest BCUT2D eigenvalue weighted by atomic mass is 32.2. The number of hydrogen-bond acceptors (Lipinski definition) is 11. The molecule has 6 rings (SSSR count).